The summed E-state index contributed by atoms with van der Waals surface area (Å²) < 4.78 is 1.01. The van der Waals surface area contributed by atoms with E-state index in [1.807, 2.05) is 29.2 Å². The van der Waals surface area contributed by atoms with Crippen molar-refractivity contribution in [1.82, 2.24) is 20.2 Å². The number of anilines is 1. The molecule has 2 aliphatic rings. The predicted molar refractivity (Wildman–Crippen MR) is 133 cm³/mol. The number of nitrogens with zero attached hydrogens (tertiary/aromatic N) is 4. The van der Waals surface area contributed by atoms with Gasteiger partial charge >= 0.3 is 0 Å². The van der Waals surface area contributed by atoms with Crippen molar-refractivity contribution in [3.05, 3.63) is 51.9 Å². The number of benzene rings is 1. The predicted octanol–water partition coefficient (Wildman–Crippen LogP) is 3.60. The fourth-order valence-electron chi connectivity index (χ4n) is 4.76. The van der Waals surface area contributed by atoms with Crippen LogP contribution in [0.2, 0.25) is 0 Å². The third-order valence-corrected chi connectivity index (χ3v) is 7.11. The number of aliphatic hydroxyl groups is 1. The second-order valence-electron chi connectivity index (χ2n) is 10.2. The highest BCUT2D eigenvalue weighted by atomic mass is 79.9. The van der Waals surface area contributed by atoms with Gasteiger partial charge in [0.15, 0.2) is 0 Å². The van der Waals surface area contributed by atoms with Crippen LogP contribution in [0.1, 0.15) is 68.9 Å². The summed E-state index contributed by atoms with van der Waals surface area (Å²) in [5.74, 6) is 1.07. The number of piperazine rings is 1. The zero-order valence-corrected chi connectivity index (χ0v) is 21.5. The minimum atomic E-state index is -0.512. The van der Waals surface area contributed by atoms with Crippen molar-refractivity contribution < 1.29 is 9.90 Å². The molecule has 4 rings (SSSR count). The summed E-state index contributed by atoms with van der Waals surface area (Å²) in [6.07, 6.45) is 1.73. The fraction of sp³-hybridized carbons (Fsp3) is 0.560. The highest BCUT2D eigenvalue weighted by molar-refractivity contribution is 9.10. The number of fused-ring (bicyclic) bond motifs is 1. The maximum Gasteiger partial charge on any atom is 0.231 e. The van der Waals surface area contributed by atoms with Crippen LogP contribution in [0.4, 0.5) is 5.82 Å². The highest BCUT2D eigenvalue weighted by Gasteiger charge is 2.35. The van der Waals surface area contributed by atoms with Gasteiger partial charge in [0.05, 0.1) is 17.7 Å². The molecule has 0 saturated carbocycles. The van der Waals surface area contributed by atoms with E-state index in [-0.39, 0.29) is 23.3 Å². The molecule has 2 heterocycles. The van der Waals surface area contributed by atoms with E-state index in [9.17, 15) is 9.90 Å². The van der Waals surface area contributed by atoms with Gasteiger partial charge in [-0.3, -0.25) is 4.79 Å². The second-order valence-corrected chi connectivity index (χ2v) is 11.1. The van der Waals surface area contributed by atoms with Gasteiger partial charge in [-0.15, -0.1) is 0 Å². The topological polar surface area (TPSA) is 81.6 Å². The molecule has 1 fully saturated rings. The van der Waals surface area contributed by atoms with Crippen LogP contribution >= 0.6 is 15.9 Å². The molecule has 1 aromatic carbocycles. The van der Waals surface area contributed by atoms with Crippen LogP contribution in [0, 0.1) is 0 Å². The average molecular weight is 516 g/mol. The van der Waals surface area contributed by atoms with Gasteiger partial charge in [0.25, 0.3) is 0 Å². The molecule has 8 heteroatoms. The van der Waals surface area contributed by atoms with Crippen molar-refractivity contribution in [2.24, 2.45) is 0 Å². The smallest absolute Gasteiger partial charge is 0.231 e. The molecule has 1 amide bonds. The molecule has 1 aromatic heterocycles. The van der Waals surface area contributed by atoms with Crippen molar-refractivity contribution in [2.75, 3.05) is 37.6 Å². The number of amides is 1. The molecule has 0 radical (unpaired) electrons. The zero-order valence-electron chi connectivity index (χ0n) is 19.9. The van der Waals surface area contributed by atoms with E-state index >= 15 is 0 Å². The average Bonchev–Trinajstić information content (AvgIpc) is 3.08. The summed E-state index contributed by atoms with van der Waals surface area (Å²) in [5.41, 5.74) is 2.78. The Kier molecular flexibility index (Phi) is 7.07. The zero-order chi connectivity index (χ0) is 23.8. The van der Waals surface area contributed by atoms with Gasteiger partial charge in [0, 0.05) is 48.3 Å². The monoisotopic (exact) mass is 515 g/mol. The Bertz CT molecular complexity index is 983. The van der Waals surface area contributed by atoms with Crippen LogP contribution in [0.5, 0.6) is 0 Å². The largest absolute Gasteiger partial charge is 0.387 e. The lowest BCUT2D eigenvalue weighted by Crippen LogP contribution is -2.52. The minimum absolute atomic E-state index is 0.0682. The molecule has 33 heavy (non-hydrogen) atoms. The van der Waals surface area contributed by atoms with Gasteiger partial charge in [-0.2, -0.15) is 0 Å². The molecule has 2 N–H and O–H groups in total. The van der Waals surface area contributed by atoms with E-state index in [4.69, 9.17) is 0 Å². The third-order valence-electron chi connectivity index (χ3n) is 6.58. The maximum atomic E-state index is 13.6. The van der Waals surface area contributed by atoms with Crippen molar-refractivity contribution in [3.63, 3.8) is 0 Å². The Balaban J connectivity index is 1.48. The van der Waals surface area contributed by atoms with E-state index < -0.39 is 6.10 Å². The number of nitrogens with one attached hydrogen (secondary N) is 1. The van der Waals surface area contributed by atoms with Gasteiger partial charge in [-0.05, 0) is 50.8 Å². The first-order valence-corrected chi connectivity index (χ1v) is 12.5. The minimum Gasteiger partial charge on any atom is -0.387 e. The fourth-order valence-corrected chi connectivity index (χ4v) is 5.03. The molecule has 0 bridgehead atoms. The number of aromatic nitrogens is 2. The first kappa shape index (κ1) is 24.1. The lowest BCUT2D eigenvalue weighted by Gasteiger charge is -2.38. The Hall–Kier alpha value is -2.03. The molecule has 1 aliphatic carbocycles. The molecule has 1 saturated heterocycles. The maximum absolute atomic E-state index is 13.6. The van der Waals surface area contributed by atoms with Crippen molar-refractivity contribution in [2.45, 2.75) is 57.6 Å². The van der Waals surface area contributed by atoms with Crippen LogP contribution in [-0.4, -0.2) is 64.1 Å². The number of carbonyl (C=O) groups is 1. The Labute approximate surface area is 204 Å². The first-order valence-electron chi connectivity index (χ1n) is 11.7. The number of hydrogen-bond donors (Lipinski definition) is 2. The van der Waals surface area contributed by atoms with Gasteiger partial charge in [-0.25, -0.2) is 9.97 Å². The standard InChI is InChI=1S/C25H34BrN5O2/c1-16-13-20(32)22-21(16)23(28-15-27-22)30-9-11-31(12-10-30)24(33)19(14-29-25(2,3)4)17-5-7-18(26)8-6-17/h5-8,15-16,19-20,29,32H,9-14H2,1-4H3/t16?,19?,20-/m1/s1. The number of halogens is 1. The van der Waals surface area contributed by atoms with E-state index in [0.29, 0.717) is 26.1 Å². The van der Waals surface area contributed by atoms with Crippen LogP contribution in [0.3, 0.4) is 0 Å². The lowest BCUT2D eigenvalue weighted by molar-refractivity contribution is -0.133. The summed E-state index contributed by atoms with van der Waals surface area (Å²) in [5, 5.41) is 13.8. The molecule has 7 nitrogen and oxygen atoms in total. The summed E-state index contributed by atoms with van der Waals surface area (Å²) >= 11 is 3.49. The lowest BCUT2D eigenvalue weighted by atomic mass is 9.95. The van der Waals surface area contributed by atoms with E-state index in [0.717, 1.165) is 40.2 Å². The summed E-state index contributed by atoms with van der Waals surface area (Å²) in [6.45, 7) is 11.8. The molecule has 0 spiro atoms. The second kappa shape index (κ2) is 9.68. The van der Waals surface area contributed by atoms with Gasteiger partial charge in [0.2, 0.25) is 5.91 Å². The Morgan fingerprint density at radius 1 is 1.18 bits per heavy atom. The van der Waals surface area contributed by atoms with Gasteiger partial charge in [0.1, 0.15) is 12.1 Å². The quantitative estimate of drug-likeness (QED) is 0.632. The van der Waals surface area contributed by atoms with Crippen LogP contribution in [0.25, 0.3) is 0 Å². The van der Waals surface area contributed by atoms with Gasteiger partial charge < -0.3 is 20.2 Å². The van der Waals surface area contributed by atoms with Crippen molar-refractivity contribution in [3.8, 4) is 0 Å². The molecule has 1 aliphatic heterocycles. The van der Waals surface area contributed by atoms with Gasteiger partial charge in [-0.1, -0.05) is 35.0 Å². The number of hydrogen-bond acceptors (Lipinski definition) is 6. The summed E-state index contributed by atoms with van der Waals surface area (Å²) in [4.78, 5) is 26.7. The molecule has 178 valence electrons. The number of rotatable bonds is 5. The molecule has 2 aromatic rings. The van der Waals surface area contributed by atoms with Crippen molar-refractivity contribution in [1.29, 1.82) is 0 Å². The number of aliphatic hydroxyl groups excluding tert-OH is 1. The van der Waals surface area contributed by atoms with E-state index in [2.05, 4.69) is 63.8 Å². The van der Waals surface area contributed by atoms with E-state index in [1.54, 1.807) is 6.33 Å². The molecular weight excluding hydrogens is 482 g/mol. The first-order chi connectivity index (χ1) is 15.6. The number of carbonyl (C=O) groups excluding carboxylic acids is 1. The molecular formula is C25H34BrN5O2. The van der Waals surface area contributed by atoms with Crippen molar-refractivity contribution >= 4 is 27.7 Å². The van der Waals surface area contributed by atoms with Crippen LogP contribution in [-0.2, 0) is 4.79 Å². The Morgan fingerprint density at radius 2 is 1.85 bits per heavy atom. The summed E-state index contributed by atoms with van der Waals surface area (Å²) in [7, 11) is 0. The molecule has 3 atom stereocenters. The highest BCUT2D eigenvalue weighted by Crippen LogP contribution is 2.42. The van der Waals surface area contributed by atoms with Crippen LogP contribution < -0.4 is 10.2 Å². The normalized spacial score (nSPS) is 21.8. The van der Waals surface area contributed by atoms with Crippen LogP contribution in [0.15, 0.2) is 35.1 Å². The SMILES string of the molecule is CC1C[C@@H](O)c2ncnc(N3CCN(C(=O)C(CNC(C)(C)C)c4ccc(Br)cc4)CC3)c21. The van der Waals surface area contributed by atoms with E-state index in [1.165, 1.54) is 0 Å². The Morgan fingerprint density at radius 3 is 2.48 bits per heavy atom. The summed E-state index contributed by atoms with van der Waals surface area (Å²) in [6, 6.07) is 8.06. The third kappa shape index (κ3) is 5.39. The molecule has 2 unspecified atom stereocenters.